The minimum atomic E-state index is -4.78. The van der Waals surface area contributed by atoms with Crippen LogP contribution in [0, 0.1) is 5.92 Å². The zero-order valence-electron chi connectivity index (χ0n) is 37.2. The van der Waals surface area contributed by atoms with E-state index in [1.165, 1.54) is 109 Å². The summed E-state index contributed by atoms with van der Waals surface area (Å²) in [5, 5.41) is 9.88. The van der Waals surface area contributed by atoms with Gasteiger partial charge in [-0.1, -0.05) is 211 Å². The second-order valence-electron chi connectivity index (χ2n) is 16.2. The molecule has 0 aliphatic heterocycles. The number of phosphoric acid groups is 1. The fourth-order valence-corrected chi connectivity index (χ4v) is 6.93. The number of rotatable bonds is 42. The van der Waals surface area contributed by atoms with Gasteiger partial charge in [0.1, 0.15) is 6.61 Å². The summed E-state index contributed by atoms with van der Waals surface area (Å²) in [4.78, 5) is 42.9. The summed E-state index contributed by atoms with van der Waals surface area (Å²) in [5.74, 6) is -0.0748. The molecule has 58 heavy (non-hydrogen) atoms. The fraction of sp³-hybridized carbons (Fsp3) is 0.792. The first kappa shape index (κ1) is 56.0. The Morgan fingerprint density at radius 1 is 0.586 bits per heavy atom. The molecule has 0 aromatic carbocycles. The highest BCUT2D eigenvalue weighted by Crippen LogP contribution is 2.36. The highest BCUT2D eigenvalue weighted by molar-refractivity contribution is 7.46. The van der Waals surface area contributed by atoms with E-state index in [0.29, 0.717) is 19.3 Å². The molecule has 0 fully saturated rings. The lowest BCUT2D eigenvalue weighted by Crippen LogP contribution is -2.29. The van der Waals surface area contributed by atoms with Gasteiger partial charge in [-0.25, -0.2) is 4.57 Å². The first-order valence-corrected chi connectivity index (χ1v) is 25.0. The van der Waals surface area contributed by atoms with Crippen LogP contribution in [0.2, 0.25) is 0 Å². The molecule has 0 amide bonds. The van der Waals surface area contributed by atoms with Gasteiger partial charge >= 0.3 is 19.8 Å². The lowest BCUT2D eigenvalue weighted by atomic mass is 9.99. The number of esters is 2. The Hall–Kier alpha value is -2.03. The van der Waals surface area contributed by atoms with Crippen LogP contribution in [0.1, 0.15) is 213 Å². The quantitative estimate of drug-likeness (QED) is 0.0180. The number of aliphatic hydroxyl groups excluding tert-OH is 1. The van der Waals surface area contributed by atoms with Crippen LogP contribution < -0.4 is 0 Å². The molecule has 0 spiro atoms. The summed E-state index contributed by atoms with van der Waals surface area (Å²) in [5.41, 5.74) is 0. The van der Waals surface area contributed by atoms with Gasteiger partial charge in [0.15, 0.2) is 6.10 Å². The third-order valence-electron chi connectivity index (χ3n) is 10.5. The van der Waals surface area contributed by atoms with Gasteiger partial charge in [0.25, 0.3) is 0 Å². The van der Waals surface area contributed by atoms with Crippen molar-refractivity contribution in [3.63, 3.8) is 0 Å². The molecule has 0 aromatic rings. The number of carbonyl (C=O) groups excluding carboxylic acids is 2. The van der Waals surface area contributed by atoms with Gasteiger partial charge in [-0.2, -0.15) is 0 Å². The molecule has 3 N–H and O–H groups in total. The second-order valence-corrected chi connectivity index (χ2v) is 17.4. The van der Waals surface area contributed by atoms with Gasteiger partial charge in [0.2, 0.25) is 0 Å². The lowest BCUT2D eigenvalue weighted by molar-refractivity contribution is -0.161. The van der Waals surface area contributed by atoms with Gasteiger partial charge in [0.05, 0.1) is 12.7 Å². The summed E-state index contributed by atoms with van der Waals surface area (Å²) in [6.45, 7) is 5.92. The van der Waals surface area contributed by atoms with Crippen LogP contribution in [0.15, 0.2) is 48.6 Å². The maximum absolute atomic E-state index is 12.4. The minimum Gasteiger partial charge on any atom is -0.462 e. The van der Waals surface area contributed by atoms with Gasteiger partial charge in [-0.3, -0.25) is 14.1 Å². The average Bonchev–Trinajstić information content (AvgIpc) is 3.19. The van der Waals surface area contributed by atoms with E-state index < -0.39 is 32.5 Å². The van der Waals surface area contributed by atoms with Crippen molar-refractivity contribution in [2.75, 3.05) is 13.2 Å². The molecule has 0 saturated heterocycles. The van der Waals surface area contributed by atoms with E-state index in [0.717, 1.165) is 57.3 Å². The number of carbonyl (C=O) groups is 2. The van der Waals surface area contributed by atoms with Gasteiger partial charge in [-0.05, 0) is 44.4 Å². The smallest absolute Gasteiger partial charge is 0.462 e. The van der Waals surface area contributed by atoms with Crippen LogP contribution in [0.3, 0.4) is 0 Å². The van der Waals surface area contributed by atoms with E-state index in [4.69, 9.17) is 19.3 Å². The van der Waals surface area contributed by atoms with Crippen molar-refractivity contribution in [1.29, 1.82) is 0 Å². The van der Waals surface area contributed by atoms with Crippen LogP contribution in [0.5, 0.6) is 0 Å². The summed E-state index contributed by atoms with van der Waals surface area (Å²) in [7, 11) is -4.78. The summed E-state index contributed by atoms with van der Waals surface area (Å²) in [6, 6.07) is 0. The number of phosphoric ester groups is 1. The molecule has 1 unspecified atom stereocenters. The van der Waals surface area contributed by atoms with E-state index in [1.807, 2.05) is 36.5 Å². The number of hydrogen-bond acceptors (Lipinski definition) is 7. The third kappa shape index (κ3) is 43.5. The molecule has 0 rings (SSSR count). The van der Waals surface area contributed by atoms with E-state index in [9.17, 15) is 19.3 Å². The van der Waals surface area contributed by atoms with Crippen molar-refractivity contribution in [2.45, 2.75) is 226 Å². The summed E-state index contributed by atoms with van der Waals surface area (Å²) >= 11 is 0. The molecule has 3 atom stereocenters. The van der Waals surface area contributed by atoms with Crippen molar-refractivity contribution in [2.24, 2.45) is 5.92 Å². The van der Waals surface area contributed by atoms with Crippen LogP contribution in [0.25, 0.3) is 0 Å². The highest BCUT2D eigenvalue weighted by Gasteiger charge is 2.22. The third-order valence-corrected chi connectivity index (χ3v) is 11.0. The monoisotopic (exact) mass is 839 g/mol. The molecule has 0 heterocycles. The number of hydrogen-bond donors (Lipinski definition) is 3. The van der Waals surface area contributed by atoms with E-state index >= 15 is 0 Å². The van der Waals surface area contributed by atoms with E-state index in [2.05, 4.69) is 37.4 Å². The molecule has 0 aliphatic rings. The Bertz CT molecular complexity index is 1110. The highest BCUT2D eigenvalue weighted by atomic mass is 31.2. The Balaban J connectivity index is 3.95. The predicted octanol–water partition coefficient (Wildman–Crippen LogP) is 13.5. The Morgan fingerprint density at radius 2 is 1.09 bits per heavy atom. The standard InChI is InChI=1S/C48H87O9P/c1-4-6-32-38-45(49)39-34-29-25-21-17-15-19-23-27-31-36-41-48(51)57-46(43-56-58(52,53)54)42-55-47(50)40-35-30-26-22-18-14-12-10-8-7-9-11-13-16-20-24-28-33-37-44(3)5-2/h15,17,23,25,27,29,34,39,44-46,49H,4-14,16,18-22,24,26,28,30-33,35-38,40-43H2,1-3H3,(H2,52,53,54)/b17-15-,27-23-,29-25-,39-34+/t44?,45-,46+/m0/s1. The SMILES string of the molecule is CCCCC[C@H](O)/C=C/C=C\C/C=C\C/C=C\CCCC(=O)O[C@H](COC(=O)CCCCCCCCCCCCCCCCCCCCC(C)CC)COP(=O)(O)O. The molecule has 9 nitrogen and oxygen atoms in total. The predicted molar refractivity (Wildman–Crippen MR) is 240 cm³/mol. The molecular weight excluding hydrogens is 751 g/mol. The summed E-state index contributed by atoms with van der Waals surface area (Å²) < 4.78 is 26.4. The van der Waals surface area contributed by atoms with Gasteiger partial charge in [0, 0.05) is 12.8 Å². The topological polar surface area (TPSA) is 140 Å². The minimum absolute atomic E-state index is 0.116. The van der Waals surface area contributed by atoms with Crippen LogP contribution >= 0.6 is 7.82 Å². The molecule has 0 radical (unpaired) electrons. The number of aliphatic hydroxyl groups is 1. The van der Waals surface area contributed by atoms with E-state index in [1.54, 1.807) is 0 Å². The molecule has 338 valence electrons. The van der Waals surface area contributed by atoms with Crippen LogP contribution in [0.4, 0.5) is 0 Å². The second kappa shape index (κ2) is 41.7. The number of allylic oxidation sites excluding steroid dienone is 7. The molecular formula is C48H87O9P. The zero-order valence-corrected chi connectivity index (χ0v) is 38.1. The van der Waals surface area contributed by atoms with Crippen molar-refractivity contribution in [3.05, 3.63) is 48.6 Å². The Labute approximate surface area is 355 Å². The summed E-state index contributed by atoms with van der Waals surface area (Å²) in [6.07, 6.45) is 47.4. The molecule has 10 heteroatoms. The van der Waals surface area contributed by atoms with Crippen LogP contribution in [-0.2, 0) is 28.2 Å². The Morgan fingerprint density at radius 3 is 1.64 bits per heavy atom. The van der Waals surface area contributed by atoms with Crippen molar-refractivity contribution < 1.29 is 43.0 Å². The largest absolute Gasteiger partial charge is 0.469 e. The fourth-order valence-electron chi connectivity index (χ4n) is 6.57. The van der Waals surface area contributed by atoms with E-state index in [-0.39, 0.29) is 25.6 Å². The van der Waals surface area contributed by atoms with Crippen molar-refractivity contribution in [3.8, 4) is 0 Å². The lowest BCUT2D eigenvalue weighted by Gasteiger charge is -2.18. The Kier molecular flexibility index (Phi) is 40.2. The van der Waals surface area contributed by atoms with Gasteiger partial charge < -0.3 is 24.4 Å². The van der Waals surface area contributed by atoms with Crippen LogP contribution in [-0.4, -0.2) is 52.3 Å². The molecule has 0 aliphatic carbocycles. The molecule has 0 bridgehead atoms. The van der Waals surface area contributed by atoms with Crippen molar-refractivity contribution >= 4 is 19.8 Å². The normalized spacial score (nSPS) is 14.0. The average molecular weight is 839 g/mol. The van der Waals surface area contributed by atoms with Gasteiger partial charge in [-0.15, -0.1) is 0 Å². The van der Waals surface area contributed by atoms with Crippen molar-refractivity contribution in [1.82, 2.24) is 0 Å². The zero-order chi connectivity index (χ0) is 42.8. The molecule has 0 saturated carbocycles. The number of ether oxygens (including phenoxy) is 2. The first-order chi connectivity index (χ1) is 28.1. The first-order valence-electron chi connectivity index (χ1n) is 23.4. The molecule has 0 aromatic heterocycles. The number of unbranched alkanes of at least 4 members (excludes halogenated alkanes) is 20. The maximum Gasteiger partial charge on any atom is 0.469 e. The maximum atomic E-state index is 12.4.